The molecule has 2 fully saturated rings. The highest BCUT2D eigenvalue weighted by molar-refractivity contribution is 5.94. The van der Waals surface area contributed by atoms with Gasteiger partial charge >= 0.3 is 0 Å². The zero-order chi connectivity index (χ0) is 21.2. The van der Waals surface area contributed by atoms with Crippen molar-refractivity contribution < 1.29 is 14.6 Å². The molecule has 1 aromatic carbocycles. The second-order valence-electron chi connectivity index (χ2n) is 8.21. The van der Waals surface area contributed by atoms with Crippen molar-refractivity contribution in [2.24, 2.45) is 10.9 Å². The number of aromatic hydroxyl groups is 1. The first-order chi connectivity index (χ1) is 14.7. The fourth-order valence-electron chi connectivity index (χ4n) is 4.16. The average molecular weight is 417 g/mol. The molecule has 1 saturated heterocycles. The number of aliphatic imine (C=N–C) groups is 1. The number of piperidine rings is 1. The lowest BCUT2D eigenvalue weighted by Crippen LogP contribution is -2.47. The van der Waals surface area contributed by atoms with Crippen LogP contribution in [-0.2, 0) is 4.74 Å². The van der Waals surface area contributed by atoms with Crippen LogP contribution in [0.5, 0.6) is 5.75 Å². The molecule has 1 saturated carbocycles. The fraction of sp³-hybridized carbons (Fsp3) is 0.652. The van der Waals surface area contributed by atoms with Gasteiger partial charge in [-0.05, 0) is 62.8 Å². The molecule has 30 heavy (non-hydrogen) atoms. The zero-order valence-electron chi connectivity index (χ0n) is 18.1. The molecular formula is C23H36N4O3. The molecule has 1 amide bonds. The van der Waals surface area contributed by atoms with E-state index in [0.29, 0.717) is 24.8 Å². The number of hydrogen-bond acceptors (Lipinski definition) is 4. The number of nitrogens with one attached hydrogen (secondary N) is 2. The van der Waals surface area contributed by atoms with Gasteiger partial charge in [-0.15, -0.1) is 0 Å². The second-order valence-corrected chi connectivity index (χ2v) is 8.21. The highest BCUT2D eigenvalue weighted by atomic mass is 16.5. The highest BCUT2D eigenvalue weighted by Crippen LogP contribution is 2.26. The summed E-state index contributed by atoms with van der Waals surface area (Å²) >= 11 is 0. The molecule has 1 aliphatic heterocycles. The smallest absolute Gasteiger partial charge is 0.251 e. The number of guanidine groups is 1. The summed E-state index contributed by atoms with van der Waals surface area (Å²) in [6.07, 6.45) is 7.84. The summed E-state index contributed by atoms with van der Waals surface area (Å²) in [6.45, 7) is 6.69. The number of rotatable bonds is 8. The number of ether oxygens (including phenoxy) is 1. The summed E-state index contributed by atoms with van der Waals surface area (Å²) < 4.78 is 6.18. The van der Waals surface area contributed by atoms with E-state index in [4.69, 9.17) is 4.74 Å². The molecule has 166 valence electrons. The van der Waals surface area contributed by atoms with Crippen LogP contribution in [0, 0.1) is 5.92 Å². The Morgan fingerprint density at radius 1 is 1.13 bits per heavy atom. The van der Waals surface area contributed by atoms with Gasteiger partial charge < -0.3 is 25.4 Å². The maximum atomic E-state index is 12.1. The molecule has 1 aliphatic carbocycles. The van der Waals surface area contributed by atoms with Crippen molar-refractivity contribution in [3.05, 3.63) is 29.8 Å². The van der Waals surface area contributed by atoms with E-state index in [2.05, 4.69) is 27.4 Å². The lowest BCUT2D eigenvalue weighted by molar-refractivity contribution is 0.00101. The lowest BCUT2D eigenvalue weighted by Gasteiger charge is -2.34. The summed E-state index contributed by atoms with van der Waals surface area (Å²) in [4.78, 5) is 19.1. The average Bonchev–Trinajstić information content (AvgIpc) is 3.29. The topological polar surface area (TPSA) is 86.2 Å². The Bertz CT molecular complexity index is 678. The third kappa shape index (κ3) is 6.90. The molecule has 0 atom stereocenters. The predicted octanol–water partition coefficient (Wildman–Crippen LogP) is 2.76. The molecule has 1 heterocycles. The summed E-state index contributed by atoms with van der Waals surface area (Å²) in [5.41, 5.74) is 0.531. The molecule has 7 heteroatoms. The number of carbonyl (C=O) groups excluding carboxylic acids is 1. The molecule has 0 unspecified atom stereocenters. The third-order valence-electron chi connectivity index (χ3n) is 5.91. The van der Waals surface area contributed by atoms with Gasteiger partial charge in [0.2, 0.25) is 0 Å². The van der Waals surface area contributed by atoms with Crippen LogP contribution in [0.4, 0.5) is 0 Å². The second kappa shape index (κ2) is 11.8. The Morgan fingerprint density at radius 3 is 2.50 bits per heavy atom. The van der Waals surface area contributed by atoms with Gasteiger partial charge in [-0.1, -0.05) is 12.8 Å². The van der Waals surface area contributed by atoms with Crippen molar-refractivity contribution in [2.45, 2.75) is 51.6 Å². The first-order valence-corrected chi connectivity index (χ1v) is 11.4. The molecule has 0 spiro atoms. The third-order valence-corrected chi connectivity index (χ3v) is 5.91. The van der Waals surface area contributed by atoms with Gasteiger partial charge in [0.05, 0.1) is 12.6 Å². The predicted molar refractivity (Wildman–Crippen MR) is 119 cm³/mol. The van der Waals surface area contributed by atoms with Crippen LogP contribution in [0.15, 0.2) is 29.3 Å². The maximum Gasteiger partial charge on any atom is 0.251 e. The zero-order valence-corrected chi connectivity index (χ0v) is 18.1. The number of phenols is 1. The Balaban J connectivity index is 1.39. The Hall–Kier alpha value is -2.28. The molecule has 3 N–H and O–H groups in total. The van der Waals surface area contributed by atoms with Gasteiger partial charge in [-0.25, -0.2) is 0 Å². The van der Waals surface area contributed by atoms with Gasteiger partial charge in [-0.3, -0.25) is 9.79 Å². The monoisotopic (exact) mass is 416 g/mol. The quantitative estimate of drug-likeness (QED) is 0.345. The first kappa shape index (κ1) is 22.4. The van der Waals surface area contributed by atoms with Crippen LogP contribution < -0.4 is 10.6 Å². The largest absolute Gasteiger partial charge is 0.508 e. The summed E-state index contributed by atoms with van der Waals surface area (Å²) in [5, 5.41) is 15.6. The molecule has 0 bridgehead atoms. The van der Waals surface area contributed by atoms with Gasteiger partial charge in [0, 0.05) is 38.3 Å². The lowest BCUT2D eigenvalue weighted by atomic mass is 10.1. The Kier molecular flexibility index (Phi) is 8.81. The van der Waals surface area contributed by atoms with Crippen LogP contribution in [0.1, 0.15) is 55.8 Å². The van der Waals surface area contributed by atoms with Gasteiger partial charge in [0.25, 0.3) is 5.91 Å². The van der Waals surface area contributed by atoms with E-state index in [1.54, 1.807) is 12.1 Å². The van der Waals surface area contributed by atoms with E-state index >= 15 is 0 Å². The minimum atomic E-state index is -0.157. The molecule has 0 aromatic heterocycles. The molecule has 7 nitrogen and oxygen atoms in total. The van der Waals surface area contributed by atoms with E-state index in [-0.39, 0.29) is 11.7 Å². The molecule has 3 rings (SSSR count). The van der Waals surface area contributed by atoms with Crippen molar-refractivity contribution in [2.75, 3.05) is 39.3 Å². The summed E-state index contributed by atoms with van der Waals surface area (Å²) in [5.74, 6) is 1.68. The number of hydrogen-bond donors (Lipinski definition) is 3. The maximum absolute atomic E-state index is 12.1. The van der Waals surface area contributed by atoms with Crippen LogP contribution in [0.2, 0.25) is 0 Å². The van der Waals surface area contributed by atoms with Gasteiger partial charge in [0.15, 0.2) is 5.96 Å². The van der Waals surface area contributed by atoms with Crippen LogP contribution in [0.3, 0.4) is 0 Å². The highest BCUT2D eigenvalue weighted by Gasteiger charge is 2.23. The minimum absolute atomic E-state index is 0.152. The van der Waals surface area contributed by atoms with E-state index in [0.717, 1.165) is 51.0 Å². The molecular weight excluding hydrogens is 380 g/mol. The summed E-state index contributed by atoms with van der Waals surface area (Å²) in [6, 6.07) is 6.24. The van der Waals surface area contributed by atoms with Crippen molar-refractivity contribution in [1.29, 1.82) is 0 Å². The number of amides is 1. The number of phenolic OH excluding ortho intramolecular Hbond substituents is 1. The van der Waals surface area contributed by atoms with E-state index in [1.807, 2.05) is 0 Å². The Labute approximate surface area is 179 Å². The van der Waals surface area contributed by atoms with Crippen molar-refractivity contribution in [1.82, 2.24) is 15.5 Å². The van der Waals surface area contributed by atoms with E-state index < -0.39 is 0 Å². The summed E-state index contributed by atoms with van der Waals surface area (Å²) in [7, 11) is 0. The number of likely N-dealkylation sites (tertiary alicyclic amines) is 1. The normalized spacial score (nSPS) is 18.6. The molecule has 2 aliphatic rings. The van der Waals surface area contributed by atoms with Crippen molar-refractivity contribution in [3.8, 4) is 5.75 Å². The SMILES string of the molecule is CCNC(=NCCNC(=O)c1ccc(O)cc1)N1CCC(OCC2CCCC2)CC1. The first-order valence-electron chi connectivity index (χ1n) is 11.4. The number of carbonyl (C=O) groups is 1. The number of benzene rings is 1. The van der Waals surface area contributed by atoms with Crippen LogP contribution >= 0.6 is 0 Å². The Morgan fingerprint density at radius 2 is 1.83 bits per heavy atom. The van der Waals surface area contributed by atoms with Crippen LogP contribution in [-0.4, -0.2) is 67.3 Å². The van der Waals surface area contributed by atoms with Crippen molar-refractivity contribution >= 4 is 11.9 Å². The van der Waals surface area contributed by atoms with Crippen LogP contribution in [0.25, 0.3) is 0 Å². The van der Waals surface area contributed by atoms with E-state index in [1.165, 1.54) is 37.8 Å². The van der Waals surface area contributed by atoms with Crippen molar-refractivity contribution in [3.63, 3.8) is 0 Å². The van der Waals surface area contributed by atoms with E-state index in [9.17, 15) is 9.90 Å². The minimum Gasteiger partial charge on any atom is -0.508 e. The molecule has 0 radical (unpaired) electrons. The van der Waals surface area contributed by atoms with Gasteiger partial charge in [-0.2, -0.15) is 0 Å². The van der Waals surface area contributed by atoms with Gasteiger partial charge in [0.1, 0.15) is 5.75 Å². The molecule has 1 aromatic rings. The standard InChI is InChI=1S/C23H36N4O3/c1-2-24-23(26-14-13-25-22(29)19-7-9-20(28)10-8-19)27-15-11-21(12-16-27)30-17-18-5-3-4-6-18/h7-10,18,21,28H,2-6,11-17H2,1H3,(H,24,26)(H,25,29). The fourth-order valence-corrected chi connectivity index (χ4v) is 4.16. The number of nitrogens with zero attached hydrogens (tertiary/aromatic N) is 2.